The summed E-state index contributed by atoms with van der Waals surface area (Å²) in [5.41, 5.74) is 10.2. The van der Waals surface area contributed by atoms with Crippen LogP contribution < -0.4 is 11.1 Å². The van der Waals surface area contributed by atoms with Gasteiger partial charge in [-0.15, -0.1) is 0 Å². The molecule has 8 heteroatoms. The van der Waals surface area contributed by atoms with E-state index in [1.165, 1.54) is 5.06 Å². The molecule has 4 aromatic rings. The number of nitrogens with one attached hydrogen (secondary N) is 1. The average Bonchev–Trinajstić information content (AvgIpc) is 3.39. The molecule has 3 aromatic carbocycles. The Kier molecular flexibility index (Phi) is 6.77. The minimum atomic E-state index is -0.262. The monoisotopic (exact) mass is 441 g/mol. The lowest BCUT2D eigenvalue weighted by Crippen LogP contribution is -2.21. The van der Waals surface area contributed by atoms with Crippen LogP contribution in [0.2, 0.25) is 0 Å². The van der Waals surface area contributed by atoms with Crippen molar-refractivity contribution < 1.29 is 14.4 Å². The largest absolute Gasteiger partial charge is 0.397 e. The zero-order valence-electron chi connectivity index (χ0n) is 17.8. The number of para-hydroxylation sites is 2. The molecule has 0 saturated heterocycles. The Morgan fingerprint density at radius 2 is 1.76 bits per heavy atom. The molecule has 33 heavy (non-hydrogen) atoms. The first-order chi connectivity index (χ1) is 16.1. The van der Waals surface area contributed by atoms with Crippen molar-refractivity contribution >= 4 is 23.7 Å². The number of hydrogen-bond acceptors (Lipinski definition) is 5. The molecule has 4 rings (SSSR count). The Labute approximate surface area is 191 Å². The third-order valence-corrected chi connectivity index (χ3v) is 5.02. The number of amides is 2. The van der Waals surface area contributed by atoms with Crippen molar-refractivity contribution in [2.45, 2.75) is 13.2 Å². The second kappa shape index (κ2) is 10.3. The summed E-state index contributed by atoms with van der Waals surface area (Å²) in [5, 5.41) is 4.01. The molecule has 1 heterocycles. The van der Waals surface area contributed by atoms with Crippen LogP contribution in [-0.4, -0.2) is 26.9 Å². The highest BCUT2D eigenvalue weighted by Crippen LogP contribution is 2.18. The quantitative estimate of drug-likeness (QED) is 0.234. The summed E-state index contributed by atoms with van der Waals surface area (Å²) >= 11 is 0. The molecule has 0 spiro atoms. The van der Waals surface area contributed by atoms with Crippen LogP contribution in [0.15, 0.2) is 91.5 Å². The van der Waals surface area contributed by atoms with Gasteiger partial charge in [-0.2, -0.15) is 0 Å². The Bertz CT molecular complexity index is 1210. The van der Waals surface area contributed by atoms with Crippen LogP contribution in [0.5, 0.6) is 0 Å². The van der Waals surface area contributed by atoms with Gasteiger partial charge in [0.15, 0.2) is 0 Å². The van der Waals surface area contributed by atoms with Crippen molar-refractivity contribution in [1.82, 2.24) is 14.6 Å². The van der Waals surface area contributed by atoms with E-state index in [9.17, 15) is 9.59 Å². The van der Waals surface area contributed by atoms with Gasteiger partial charge in [-0.1, -0.05) is 36.4 Å². The third kappa shape index (κ3) is 5.63. The number of aromatic nitrogens is 2. The number of nitrogen functional groups attached to an aromatic ring is 1. The van der Waals surface area contributed by atoms with E-state index in [0.29, 0.717) is 23.3 Å². The predicted molar refractivity (Wildman–Crippen MR) is 125 cm³/mol. The van der Waals surface area contributed by atoms with Crippen LogP contribution in [0.3, 0.4) is 0 Å². The Morgan fingerprint density at radius 1 is 1.03 bits per heavy atom. The van der Waals surface area contributed by atoms with Crippen LogP contribution in [0.4, 0.5) is 11.4 Å². The standard InChI is InChI=1S/C25H23N5O3/c26-23-3-1-2-4-24(23)28-25(32)21-9-5-19(6-10-21)15-30(18-31)33-16-20-7-11-22(12-8-20)29-14-13-27-17-29/h1-14,17-18H,15-16,26H2,(H,28,32). The molecular weight excluding hydrogens is 418 g/mol. The highest BCUT2D eigenvalue weighted by molar-refractivity contribution is 6.05. The first-order valence-corrected chi connectivity index (χ1v) is 10.3. The van der Waals surface area contributed by atoms with Crippen LogP contribution in [-0.2, 0) is 22.8 Å². The van der Waals surface area contributed by atoms with Gasteiger partial charge in [0.2, 0.25) is 6.41 Å². The van der Waals surface area contributed by atoms with Crippen molar-refractivity contribution in [2.75, 3.05) is 11.1 Å². The van der Waals surface area contributed by atoms with Crippen molar-refractivity contribution in [3.63, 3.8) is 0 Å². The Balaban J connectivity index is 1.31. The number of nitrogens with zero attached hydrogens (tertiary/aromatic N) is 3. The number of carbonyl (C=O) groups excluding carboxylic acids is 2. The molecule has 0 aliphatic carbocycles. The summed E-state index contributed by atoms with van der Waals surface area (Å²) < 4.78 is 1.90. The Morgan fingerprint density at radius 3 is 2.42 bits per heavy atom. The number of hydroxylamine groups is 2. The zero-order chi connectivity index (χ0) is 23.0. The highest BCUT2D eigenvalue weighted by Gasteiger charge is 2.10. The number of rotatable bonds is 9. The summed E-state index contributed by atoms with van der Waals surface area (Å²) in [5.74, 6) is -0.262. The van der Waals surface area contributed by atoms with E-state index in [4.69, 9.17) is 10.6 Å². The molecular formula is C25H23N5O3. The summed E-state index contributed by atoms with van der Waals surface area (Å²) in [4.78, 5) is 33.6. The van der Waals surface area contributed by atoms with Crippen molar-refractivity contribution in [1.29, 1.82) is 0 Å². The smallest absolute Gasteiger partial charge is 0.255 e. The maximum absolute atomic E-state index is 12.5. The van der Waals surface area contributed by atoms with E-state index in [1.807, 2.05) is 35.0 Å². The van der Waals surface area contributed by atoms with E-state index in [2.05, 4.69) is 10.3 Å². The summed E-state index contributed by atoms with van der Waals surface area (Å²) in [6, 6.07) is 21.8. The molecule has 3 N–H and O–H groups in total. The molecule has 2 amide bonds. The van der Waals surface area contributed by atoms with E-state index in [0.717, 1.165) is 16.8 Å². The fourth-order valence-electron chi connectivity index (χ4n) is 3.19. The lowest BCUT2D eigenvalue weighted by Gasteiger charge is -2.17. The van der Waals surface area contributed by atoms with Crippen LogP contribution in [0, 0.1) is 0 Å². The highest BCUT2D eigenvalue weighted by atomic mass is 16.7. The van der Waals surface area contributed by atoms with Crippen molar-refractivity contribution in [2.24, 2.45) is 0 Å². The van der Waals surface area contributed by atoms with Gasteiger partial charge in [-0.3, -0.25) is 14.4 Å². The van der Waals surface area contributed by atoms with Gasteiger partial charge >= 0.3 is 0 Å². The minimum Gasteiger partial charge on any atom is -0.397 e. The van der Waals surface area contributed by atoms with Crippen LogP contribution in [0.25, 0.3) is 5.69 Å². The molecule has 0 unspecified atom stereocenters. The second-order valence-electron chi connectivity index (χ2n) is 7.33. The van der Waals surface area contributed by atoms with Gasteiger partial charge in [0.05, 0.1) is 24.2 Å². The van der Waals surface area contributed by atoms with E-state index in [1.54, 1.807) is 61.1 Å². The van der Waals surface area contributed by atoms with Gasteiger partial charge < -0.3 is 15.6 Å². The number of carbonyl (C=O) groups is 2. The molecule has 1 aromatic heterocycles. The first kappa shape index (κ1) is 21.8. The first-order valence-electron chi connectivity index (χ1n) is 10.3. The van der Waals surface area contributed by atoms with E-state index >= 15 is 0 Å². The fraction of sp³-hybridized carbons (Fsp3) is 0.0800. The van der Waals surface area contributed by atoms with Crippen LogP contribution in [0.1, 0.15) is 21.5 Å². The third-order valence-electron chi connectivity index (χ3n) is 5.02. The summed E-state index contributed by atoms with van der Waals surface area (Å²) in [6.45, 7) is 0.506. The molecule has 166 valence electrons. The second-order valence-corrected chi connectivity index (χ2v) is 7.33. The summed E-state index contributed by atoms with van der Waals surface area (Å²) in [7, 11) is 0. The molecule has 0 bridgehead atoms. The number of nitrogens with two attached hydrogens (primary N) is 1. The number of hydrogen-bond donors (Lipinski definition) is 2. The molecule has 0 atom stereocenters. The molecule has 0 aliphatic rings. The van der Waals surface area contributed by atoms with Gasteiger partial charge in [0, 0.05) is 23.6 Å². The molecule has 8 nitrogen and oxygen atoms in total. The molecule has 0 saturated carbocycles. The average molecular weight is 441 g/mol. The van der Waals surface area contributed by atoms with Gasteiger partial charge in [-0.05, 0) is 47.5 Å². The van der Waals surface area contributed by atoms with Gasteiger partial charge in [0.1, 0.15) is 6.61 Å². The van der Waals surface area contributed by atoms with E-state index in [-0.39, 0.29) is 19.1 Å². The molecule has 0 aliphatic heterocycles. The van der Waals surface area contributed by atoms with Gasteiger partial charge in [0.25, 0.3) is 5.91 Å². The van der Waals surface area contributed by atoms with E-state index < -0.39 is 0 Å². The molecule has 0 fully saturated rings. The number of imidazole rings is 1. The Hall–Kier alpha value is -4.43. The minimum absolute atomic E-state index is 0.252. The topological polar surface area (TPSA) is 102 Å². The maximum atomic E-state index is 12.5. The number of benzene rings is 3. The van der Waals surface area contributed by atoms with Crippen molar-refractivity contribution in [3.8, 4) is 5.69 Å². The summed E-state index contributed by atoms with van der Waals surface area (Å²) in [6.07, 6.45) is 5.95. The molecule has 0 radical (unpaired) electrons. The maximum Gasteiger partial charge on any atom is 0.255 e. The van der Waals surface area contributed by atoms with Crippen LogP contribution >= 0.6 is 0 Å². The lowest BCUT2D eigenvalue weighted by atomic mass is 10.1. The lowest BCUT2D eigenvalue weighted by molar-refractivity contribution is -0.181. The predicted octanol–water partition coefficient (Wildman–Crippen LogP) is 3.80. The van der Waals surface area contributed by atoms with Gasteiger partial charge in [-0.25, -0.2) is 10.0 Å². The SMILES string of the molecule is Nc1ccccc1NC(=O)c1ccc(CN(C=O)OCc2ccc(-n3ccnc3)cc2)cc1. The normalized spacial score (nSPS) is 10.5. The number of anilines is 2. The fourth-order valence-corrected chi connectivity index (χ4v) is 3.19. The zero-order valence-corrected chi connectivity index (χ0v) is 17.8. The van der Waals surface area contributed by atoms with Crippen molar-refractivity contribution in [3.05, 3.63) is 108 Å².